The minimum Gasteiger partial charge on any atom is -0.444 e. The Morgan fingerprint density at radius 3 is 0.993 bits per heavy atom. The van der Waals surface area contributed by atoms with Crippen LogP contribution in [0.2, 0.25) is 35.8 Å². The number of ether oxygens (including phenoxy) is 2. The number of hydrogen-bond acceptors (Lipinski definition) is 31. The van der Waals surface area contributed by atoms with Crippen molar-refractivity contribution in [2.24, 2.45) is 0 Å². The van der Waals surface area contributed by atoms with Crippen LogP contribution in [0, 0.1) is 0 Å². The molecule has 3 saturated heterocycles. The first-order valence-electron chi connectivity index (χ1n) is 43.1. The maximum Gasteiger partial charge on any atom is 0.410 e. The van der Waals surface area contributed by atoms with Crippen LogP contribution in [0.25, 0.3) is 0 Å². The highest BCUT2D eigenvalue weighted by atomic mass is 35.5. The Morgan fingerprint density at radius 1 is 0.367 bits per heavy atom. The number of amides is 2. The number of nitrogens with one attached hydrogen (secondary N) is 6. The van der Waals surface area contributed by atoms with Gasteiger partial charge in [-0.3, -0.25) is 14.7 Å². The second kappa shape index (κ2) is 51.3. The molecule has 7 aromatic carbocycles. The largest absolute Gasteiger partial charge is 0.444 e. The van der Waals surface area contributed by atoms with Crippen LogP contribution in [0.4, 0.5) is 78.8 Å². The van der Waals surface area contributed by atoms with Gasteiger partial charge in [-0.15, -0.1) is 0 Å². The van der Waals surface area contributed by atoms with E-state index in [0.717, 1.165) is 112 Å². The lowest BCUT2D eigenvalue weighted by Crippen LogP contribution is -2.49. The van der Waals surface area contributed by atoms with E-state index in [1.807, 2.05) is 90.1 Å². The first kappa shape index (κ1) is 112. The van der Waals surface area contributed by atoms with Crippen LogP contribution < -0.4 is 43.4 Å². The van der Waals surface area contributed by atoms with Crippen molar-refractivity contribution in [1.29, 1.82) is 0 Å². The maximum atomic E-state index is 12.8. The number of sulfonamides is 4. The predicted molar refractivity (Wildman–Crippen MR) is 551 cm³/mol. The molecule has 0 saturated carbocycles. The van der Waals surface area contributed by atoms with Crippen molar-refractivity contribution in [2.45, 2.75) is 92.0 Å². The quantitative estimate of drug-likeness (QED) is 0.0158. The molecule has 0 unspecified atom stereocenters. The summed E-state index contributed by atoms with van der Waals surface area (Å²) in [5.41, 5.74) is 17.7. The summed E-state index contributed by atoms with van der Waals surface area (Å²) in [5.74, 6) is 1.45. The fraction of sp³-hybridized carbons (Fsp3) is 0.341. The monoisotopic (exact) mass is 2120 g/mol. The molecule has 0 radical (unpaired) electrons. The third-order valence-electron chi connectivity index (χ3n) is 20.1. The molecule has 4 aromatic heterocycles. The first-order valence-corrected chi connectivity index (χ1v) is 51.5. The number of nitrogens with zero attached hydrogens (tertiary/aromatic N) is 17. The zero-order chi connectivity index (χ0) is 102. The summed E-state index contributed by atoms with van der Waals surface area (Å²) in [6.45, 7) is 24.0. The molecule has 14 rings (SSSR count). The molecule has 11 aromatic rings. The van der Waals surface area contributed by atoms with Gasteiger partial charge in [0.25, 0.3) is 0 Å². The molecule has 10 N–H and O–H groups in total. The number of benzene rings is 7. The Bertz CT molecular complexity index is 6430. The van der Waals surface area contributed by atoms with E-state index in [0.29, 0.717) is 66.0 Å². The molecule has 748 valence electrons. The molecule has 2 amide bonds. The third-order valence-corrected chi connectivity index (χ3v) is 29.5. The standard InChI is InChI=1S/C28H36ClN7O4S.C23H28ClN7O2S.C16H25N3O2.C12H12Cl2N4O2S.C8H12N2O2S.C4HCl3N2/c1-28(2,3)40-27(37)36-16-14-35(15-17-36)19-20-10-12-21(13-11-20)31-26-30-18-22(29)25(33-26)32-23-8-6-7-9-24(23)41(38,39)34(4)5;1-30(2)34(32,33)21-6-4-3-5-20(21)28-22-19(24)15-26-23(29-22)27-18-9-7-17(8-10-18)16-31-13-11-25-12-14-31;1-16(2,3)21-15(20)19-10-8-18(9-11-19)12-13-4-6-14(17)7-5-13;1-18(2)21(19,20)10-6-4-3-5-9(10)16-11-8(13)7-15-12(14)17-11;1-10(2)13(11,12)8-6-4-3-5-7(8)9;5-2-1-8-4(7)9-3(2)6/h6-13,18H,14-17,19H2,1-5H3,(H2,30,31,32,33);3-10,15,25H,11-14,16H2,1-2H3,(H2,26,27,28,29);4-7H,8-12,17H2,1-3H3;3-7H,1-2H3,(H,15,16,17);3-6H,9H2,1-2H3;1H. The molecule has 48 heteroatoms. The van der Waals surface area contributed by atoms with E-state index in [1.165, 1.54) is 117 Å². The van der Waals surface area contributed by atoms with Crippen LogP contribution in [-0.4, -0.2) is 274 Å². The Kier molecular flexibility index (Phi) is 41.4. The fourth-order valence-electron chi connectivity index (χ4n) is 12.8. The van der Waals surface area contributed by atoms with Gasteiger partial charge in [0.2, 0.25) is 62.6 Å². The van der Waals surface area contributed by atoms with E-state index >= 15 is 0 Å². The molecule has 0 atom stereocenters. The number of hydrogen-bond donors (Lipinski definition) is 8. The maximum absolute atomic E-state index is 12.8. The Hall–Kier alpha value is -10.5. The van der Waals surface area contributed by atoms with Crippen molar-refractivity contribution in [2.75, 3.05) is 173 Å². The average Bonchev–Trinajstić information content (AvgIpc) is 0.765. The number of rotatable bonds is 24. The lowest BCUT2D eigenvalue weighted by molar-refractivity contribution is 0.0129. The lowest BCUT2D eigenvalue weighted by Gasteiger charge is -2.35. The van der Waals surface area contributed by atoms with Gasteiger partial charge in [-0.05, 0) is 166 Å². The highest BCUT2D eigenvalue weighted by Crippen LogP contribution is 2.35. The predicted octanol–water partition coefficient (Wildman–Crippen LogP) is 16.2. The smallest absolute Gasteiger partial charge is 0.410 e. The van der Waals surface area contributed by atoms with Gasteiger partial charge in [-0.1, -0.05) is 143 Å². The van der Waals surface area contributed by atoms with Gasteiger partial charge in [0, 0.05) is 172 Å². The zero-order valence-corrected chi connectivity index (χ0v) is 87.6. The number of para-hydroxylation sites is 4. The minimum atomic E-state index is -3.69. The average molecular weight is 2130 g/mol. The minimum absolute atomic E-state index is 0.00912. The van der Waals surface area contributed by atoms with Crippen LogP contribution >= 0.6 is 81.2 Å². The van der Waals surface area contributed by atoms with Gasteiger partial charge in [0.15, 0.2) is 22.6 Å². The van der Waals surface area contributed by atoms with Crippen LogP contribution in [0.15, 0.2) is 214 Å². The number of halogens is 7. The molecule has 0 aliphatic carbocycles. The van der Waals surface area contributed by atoms with Crippen molar-refractivity contribution in [3.05, 3.63) is 247 Å². The zero-order valence-electron chi connectivity index (χ0n) is 79.0. The molecule has 7 heterocycles. The molecular weight excluding hydrogens is 2010 g/mol. The summed E-state index contributed by atoms with van der Waals surface area (Å²) >= 11 is 40.6. The van der Waals surface area contributed by atoms with E-state index in [1.54, 1.807) is 82.6 Å². The van der Waals surface area contributed by atoms with Gasteiger partial charge >= 0.3 is 12.2 Å². The fourth-order valence-corrected chi connectivity index (χ4v) is 17.9. The number of carbonyl (C=O) groups excluding carboxylic acids is 2. The molecule has 0 spiro atoms. The van der Waals surface area contributed by atoms with Gasteiger partial charge in [0.05, 0.1) is 52.6 Å². The Labute approximate surface area is 847 Å². The lowest BCUT2D eigenvalue weighted by atomic mass is 10.2. The SMILES string of the molecule is CC(C)(C)OC(=O)N1CCN(Cc2ccc(N)cc2)CC1.CN(C)S(=O)(=O)c1ccccc1N.CN(C)S(=O)(=O)c1ccccc1Nc1nc(Cl)ncc1Cl.CN(C)S(=O)(=O)c1ccccc1Nc1nc(Nc2ccc(CN3CCN(C(=O)OC(C)(C)C)CC3)cc2)ncc1Cl.CN(C)S(=O)(=O)c1ccccc1Nc1nc(Nc2ccc(CN3CCNCC3)cc2)ncc1Cl.Clc1ncc(Cl)c(Cl)n1. The first-order chi connectivity index (χ1) is 65.4. The summed E-state index contributed by atoms with van der Waals surface area (Å²) in [6.07, 6.45) is 5.13. The Balaban J connectivity index is 0.000000198. The van der Waals surface area contributed by atoms with Gasteiger partial charge in [-0.25, -0.2) is 85.4 Å². The summed E-state index contributed by atoms with van der Waals surface area (Å²) in [5, 5.41) is 20.0. The number of piperazine rings is 3. The van der Waals surface area contributed by atoms with Gasteiger partial charge in [0.1, 0.15) is 45.9 Å². The highest BCUT2D eigenvalue weighted by Gasteiger charge is 2.31. The van der Waals surface area contributed by atoms with Crippen molar-refractivity contribution in [3.63, 3.8) is 0 Å². The van der Waals surface area contributed by atoms with Crippen molar-refractivity contribution in [3.8, 4) is 0 Å². The van der Waals surface area contributed by atoms with E-state index in [4.69, 9.17) is 102 Å². The molecule has 3 aliphatic rings. The highest BCUT2D eigenvalue weighted by molar-refractivity contribution is 7.90. The van der Waals surface area contributed by atoms with Crippen LogP contribution in [-0.2, 0) is 69.2 Å². The van der Waals surface area contributed by atoms with Crippen LogP contribution in [0.5, 0.6) is 0 Å². The molecule has 3 aliphatic heterocycles. The number of carbonyl (C=O) groups is 2. The topological polar surface area (TPSA) is 446 Å². The van der Waals surface area contributed by atoms with E-state index in [-0.39, 0.29) is 79.9 Å². The van der Waals surface area contributed by atoms with Crippen molar-refractivity contribution in [1.82, 2.24) is 86.9 Å². The molecule has 139 heavy (non-hydrogen) atoms. The van der Waals surface area contributed by atoms with E-state index in [9.17, 15) is 43.3 Å². The van der Waals surface area contributed by atoms with Crippen molar-refractivity contribution >= 4 is 203 Å². The second-order valence-corrected chi connectivity index (χ2v) is 45.0. The normalized spacial score (nSPS) is 14.0. The molecule has 0 bridgehead atoms. The number of nitrogens with two attached hydrogens (primary N) is 2. The summed E-state index contributed by atoms with van der Waals surface area (Å²) < 4.78 is 114. The molecule has 37 nitrogen and oxygen atoms in total. The van der Waals surface area contributed by atoms with E-state index in [2.05, 4.69) is 111 Å². The summed E-state index contributed by atoms with van der Waals surface area (Å²) in [6, 6.07) is 50.0. The van der Waals surface area contributed by atoms with Crippen LogP contribution in [0.1, 0.15) is 58.2 Å². The molecule has 3 fully saturated rings. The van der Waals surface area contributed by atoms with Crippen molar-refractivity contribution < 1.29 is 52.7 Å². The van der Waals surface area contributed by atoms with Crippen LogP contribution in [0.3, 0.4) is 0 Å². The Morgan fingerprint density at radius 2 is 0.662 bits per heavy atom. The number of anilines is 12. The summed E-state index contributed by atoms with van der Waals surface area (Å²) in [7, 11) is -2.54. The van der Waals surface area contributed by atoms with Gasteiger partial charge in [-0.2, -0.15) is 15.0 Å². The number of nitrogen functional groups attached to an aromatic ring is 2. The number of aromatic nitrogens is 8. The van der Waals surface area contributed by atoms with Gasteiger partial charge < -0.3 is 62.6 Å². The third kappa shape index (κ3) is 34.4. The molecular formula is C91H114Cl7N25O12S4. The summed E-state index contributed by atoms with van der Waals surface area (Å²) in [4.78, 5) is 67.7. The van der Waals surface area contributed by atoms with E-state index < -0.39 is 51.3 Å². The second-order valence-electron chi connectivity index (χ2n) is 33.8.